The third-order valence-corrected chi connectivity index (χ3v) is 7.90. The van der Waals surface area contributed by atoms with Crippen LogP contribution >= 0.6 is 0 Å². The minimum absolute atomic E-state index is 0.349. The molecule has 0 aromatic heterocycles. The first-order chi connectivity index (χ1) is 17.5. The third-order valence-electron chi connectivity index (χ3n) is 7.90. The Morgan fingerprint density at radius 2 is 1.76 bits per heavy atom. The van der Waals surface area contributed by atoms with E-state index in [9.17, 15) is 22.8 Å². The number of carbonyl (C=O) groups is 2. The molecule has 37 heavy (non-hydrogen) atoms. The van der Waals surface area contributed by atoms with Crippen LogP contribution in [0, 0.1) is 22.6 Å². The lowest BCUT2D eigenvalue weighted by Gasteiger charge is -2.53. The monoisotopic (exact) mass is 520 g/mol. The number of carboxylic acid groups (broad SMARTS) is 1. The van der Waals surface area contributed by atoms with Crippen molar-refractivity contribution in [2.75, 3.05) is 26.2 Å². The number of likely N-dealkylation sites (tertiary alicyclic amines) is 2. The Kier molecular flexibility index (Phi) is 7.72. The molecular formula is C26H33F3N5O3-. The van der Waals surface area contributed by atoms with Gasteiger partial charge in [-0.05, 0) is 63.7 Å². The molecule has 4 fully saturated rings. The SMILES string of the molecule is N#CC1(NC(=O)[C@@H]([NH-])CCC(F)(F)c2ccc(F)cc2)CC1.O=C(O)N1CC2(CCN(C3CC3)CC2)C1. The van der Waals surface area contributed by atoms with Gasteiger partial charge in [-0.3, -0.25) is 4.79 Å². The van der Waals surface area contributed by atoms with Gasteiger partial charge in [0.05, 0.1) is 6.07 Å². The lowest BCUT2D eigenvalue weighted by atomic mass is 9.72. The van der Waals surface area contributed by atoms with Gasteiger partial charge in [0.2, 0.25) is 5.91 Å². The zero-order valence-electron chi connectivity index (χ0n) is 20.7. The highest BCUT2D eigenvalue weighted by Gasteiger charge is 2.48. The lowest BCUT2D eigenvalue weighted by molar-refractivity contribution is -0.122. The van der Waals surface area contributed by atoms with Crippen molar-refractivity contribution in [1.82, 2.24) is 15.1 Å². The van der Waals surface area contributed by atoms with Crippen LogP contribution < -0.4 is 5.32 Å². The molecule has 2 aliphatic heterocycles. The minimum Gasteiger partial charge on any atom is -0.667 e. The molecule has 2 heterocycles. The van der Waals surface area contributed by atoms with E-state index in [1.807, 2.05) is 6.07 Å². The van der Waals surface area contributed by atoms with Gasteiger partial charge in [0, 0.05) is 36.5 Å². The maximum absolute atomic E-state index is 13.9. The zero-order valence-corrected chi connectivity index (χ0v) is 20.7. The molecule has 2 amide bonds. The molecule has 4 aliphatic rings. The highest BCUT2D eigenvalue weighted by molar-refractivity contribution is 5.84. The second-order valence-corrected chi connectivity index (χ2v) is 10.9. The molecule has 2 saturated heterocycles. The number of rotatable bonds is 7. The molecule has 2 saturated carbocycles. The van der Waals surface area contributed by atoms with Gasteiger partial charge in [-0.1, -0.05) is 24.6 Å². The summed E-state index contributed by atoms with van der Waals surface area (Å²) in [6, 6.07) is 5.32. The van der Waals surface area contributed by atoms with Gasteiger partial charge < -0.3 is 26.0 Å². The van der Waals surface area contributed by atoms with Crippen molar-refractivity contribution in [1.29, 1.82) is 5.26 Å². The largest absolute Gasteiger partial charge is 0.667 e. The van der Waals surface area contributed by atoms with Crippen molar-refractivity contribution in [3.8, 4) is 6.07 Å². The average molecular weight is 521 g/mol. The fourth-order valence-electron chi connectivity index (χ4n) is 5.03. The first-order valence-electron chi connectivity index (χ1n) is 12.8. The van der Waals surface area contributed by atoms with Crippen LogP contribution in [0.4, 0.5) is 18.0 Å². The molecule has 8 nitrogen and oxygen atoms in total. The van der Waals surface area contributed by atoms with Crippen LogP contribution in [0.3, 0.4) is 0 Å². The normalized spacial score (nSPS) is 22.6. The van der Waals surface area contributed by atoms with Gasteiger partial charge in [-0.25, -0.2) is 18.0 Å². The number of hydrogen-bond donors (Lipinski definition) is 2. The van der Waals surface area contributed by atoms with E-state index in [2.05, 4.69) is 10.2 Å². The molecule has 202 valence electrons. The van der Waals surface area contributed by atoms with E-state index in [0.717, 1.165) is 43.4 Å². The number of nitrogens with zero attached hydrogens (tertiary/aromatic N) is 3. The van der Waals surface area contributed by atoms with Crippen molar-refractivity contribution in [2.45, 2.75) is 74.9 Å². The summed E-state index contributed by atoms with van der Waals surface area (Å²) >= 11 is 0. The number of nitrogens with one attached hydrogen (secondary N) is 2. The number of piperidine rings is 1. The molecule has 1 aromatic carbocycles. The Morgan fingerprint density at radius 3 is 2.24 bits per heavy atom. The van der Waals surface area contributed by atoms with E-state index in [4.69, 9.17) is 16.1 Å². The summed E-state index contributed by atoms with van der Waals surface area (Å²) in [5.74, 6) is -4.56. The Bertz CT molecular complexity index is 1020. The van der Waals surface area contributed by atoms with Crippen LogP contribution in [0.15, 0.2) is 24.3 Å². The van der Waals surface area contributed by atoms with Gasteiger partial charge in [-0.2, -0.15) is 5.26 Å². The van der Waals surface area contributed by atoms with Gasteiger partial charge in [0.1, 0.15) is 11.4 Å². The third kappa shape index (κ3) is 6.73. The molecule has 1 aromatic rings. The van der Waals surface area contributed by atoms with E-state index < -0.39 is 41.7 Å². The summed E-state index contributed by atoms with van der Waals surface area (Å²) in [4.78, 5) is 26.6. The predicted octanol–water partition coefficient (Wildman–Crippen LogP) is 4.52. The summed E-state index contributed by atoms with van der Waals surface area (Å²) < 4.78 is 40.6. The quantitative estimate of drug-likeness (QED) is 0.548. The fourth-order valence-corrected chi connectivity index (χ4v) is 5.03. The van der Waals surface area contributed by atoms with Crippen molar-refractivity contribution in [3.05, 3.63) is 41.4 Å². The van der Waals surface area contributed by atoms with Gasteiger partial charge in [0.25, 0.3) is 5.92 Å². The maximum atomic E-state index is 13.9. The smallest absolute Gasteiger partial charge is 0.407 e. The first-order valence-corrected chi connectivity index (χ1v) is 12.8. The summed E-state index contributed by atoms with van der Waals surface area (Å²) in [7, 11) is 0. The van der Waals surface area contributed by atoms with Gasteiger partial charge in [0.15, 0.2) is 0 Å². The summed E-state index contributed by atoms with van der Waals surface area (Å²) in [6.45, 7) is 3.94. The summed E-state index contributed by atoms with van der Waals surface area (Å²) in [5, 5.41) is 20.1. The van der Waals surface area contributed by atoms with Crippen LogP contribution in [0.25, 0.3) is 5.73 Å². The summed E-state index contributed by atoms with van der Waals surface area (Å²) in [5.41, 5.74) is 6.72. The fraction of sp³-hybridized carbons (Fsp3) is 0.654. The van der Waals surface area contributed by atoms with Crippen molar-refractivity contribution < 1.29 is 27.9 Å². The second-order valence-electron chi connectivity index (χ2n) is 10.9. The van der Waals surface area contributed by atoms with Crippen LogP contribution in [0.1, 0.15) is 56.9 Å². The molecular weight excluding hydrogens is 487 g/mol. The number of benzene rings is 1. The molecule has 2 aliphatic carbocycles. The van der Waals surface area contributed by atoms with Crippen molar-refractivity contribution >= 4 is 12.0 Å². The Balaban J connectivity index is 0.000000184. The molecule has 0 unspecified atom stereocenters. The van der Waals surface area contributed by atoms with Crippen LogP contribution in [0.5, 0.6) is 0 Å². The molecule has 0 bridgehead atoms. The van der Waals surface area contributed by atoms with E-state index in [1.54, 1.807) is 4.90 Å². The molecule has 3 N–H and O–H groups in total. The van der Waals surface area contributed by atoms with Crippen LogP contribution in [-0.2, 0) is 10.7 Å². The maximum Gasteiger partial charge on any atom is 0.407 e. The van der Waals surface area contributed by atoms with Gasteiger partial charge in [-0.15, -0.1) is 0 Å². The molecule has 1 atom stereocenters. The number of hydrogen-bond acceptors (Lipinski definition) is 4. The van der Waals surface area contributed by atoms with Crippen molar-refractivity contribution in [3.63, 3.8) is 0 Å². The van der Waals surface area contributed by atoms with E-state index in [0.29, 0.717) is 18.3 Å². The number of amides is 2. The van der Waals surface area contributed by atoms with E-state index in [-0.39, 0.29) is 12.0 Å². The van der Waals surface area contributed by atoms with Crippen LogP contribution in [-0.4, -0.2) is 70.7 Å². The number of nitriles is 1. The highest BCUT2D eigenvalue weighted by atomic mass is 19.3. The molecule has 11 heteroatoms. The lowest BCUT2D eigenvalue weighted by Crippen LogP contribution is -2.61. The van der Waals surface area contributed by atoms with Crippen LogP contribution in [0.2, 0.25) is 0 Å². The molecule has 5 rings (SSSR count). The summed E-state index contributed by atoms with van der Waals surface area (Å²) in [6.07, 6.45) is 4.42. The first kappa shape index (κ1) is 27.2. The standard InChI is InChI=1S/C15H15F3N3O.C11H18N2O2/c16-11-3-1-10(2-4-11)15(17,18)6-5-12(20)13(22)21-14(9-19)7-8-14;14-10(15)13-7-11(8-13)3-5-12(6-4-11)9-1-2-9/h1-4,12,20H,5-8H2,(H,21,22);9H,1-8H2,(H,14,15)/q-1;/t12-;/m0./s1. The topological polar surface area (TPSA) is 120 Å². The number of halogens is 3. The molecule has 1 spiro atoms. The Morgan fingerprint density at radius 1 is 1.16 bits per heavy atom. The Hall–Kier alpha value is -2.84. The molecule has 0 radical (unpaired) electrons. The van der Waals surface area contributed by atoms with Gasteiger partial charge >= 0.3 is 6.09 Å². The van der Waals surface area contributed by atoms with E-state index >= 15 is 0 Å². The second kappa shape index (κ2) is 10.5. The minimum atomic E-state index is -3.24. The number of carbonyl (C=O) groups excluding carboxylic acids is 1. The highest BCUT2D eigenvalue weighted by Crippen LogP contribution is 2.42. The number of alkyl halides is 2. The van der Waals surface area contributed by atoms with Crippen molar-refractivity contribution in [2.24, 2.45) is 5.41 Å². The predicted molar refractivity (Wildman–Crippen MR) is 129 cm³/mol. The Labute approximate surface area is 214 Å². The average Bonchev–Trinajstić information content (AvgIpc) is 3.78. The zero-order chi connectivity index (χ0) is 26.8. The van der Waals surface area contributed by atoms with E-state index in [1.165, 1.54) is 38.8 Å².